The van der Waals surface area contributed by atoms with Crippen LogP contribution in [-0.2, 0) is 4.74 Å². The second kappa shape index (κ2) is 9.72. The topological polar surface area (TPSA) is 44.7 Å². The van der Waals surface area contributed by atoms with Crippen LogP contribution in [0, 0.1) is 0 Å². The molecular formula is C16H34N2O2. The highest BCUT2D eigenvalue weighted by atomic mass is 16.5. The molecule has 2 unspecified atom stereocenters. The third-order valence-corrected chi connectivity index (χ3v) is 4.52. The Balaban J connectivity index is 2.23. The van der Waals surface area contributed by atoms with Crippen LogP contribution in [-0.4, -0.2) is 61.5 Å². The number of ether oxygens (including phenoxy) is 1. The van der Waals surface area contributed by atoms with Crippen LogP contribution in [0.1, 0.15) is 52.4 Å². The highest BCUT2D eigenvalue weighted by Gasteiger charge is 2.25. The molecule has 1 saturated heterocycles. The molecule has 1 aliphatic rings. The first-order chi connectivity index (χ1) is 9.65. The van der Waals surface area contributed by atoms with Crippen molar-refractivity contribution in [1.29, 1.82) is 0 Å². The van der Waals surface area contributed by atoms with Crippen molar-refractivity contribution in [1.82, 2.24) is 10.2 Å². The summed E-state index contributed by atoms with van der Waals surface area (Å²) in [6, 6.07) is 0. The standard InChI is InChI=1S/C16H34N2O2/c1-4-16(14-19,17-5-2)10-8-11-18(3)13-15-9-6-7-12-20-15/h15,17,19H,4-14H2,1-3H3. The fourth-order valence-corrected chi connectivity index (χ4v) is 3.09. The molecule has 1 aliphatic heterocycles. The molecule has 0 saturated carbocycles. The number of aliphatic hydroxyl groups excluding tert-OH is 1. The molecule has 120 valence electrons. The SMILES string of the molecule is CCNC(CC)(CO)CCCN(C)CC1CCCCO1. The number of hydrogen-bond acceptors (Lipinski definition) is 4. The maximum atomic E-state index is 9.64. The summed E-state index contributed by atoms with van der Waals surface area (Å²) in [5.74, 6) is 0. The Kier molecular flexibility index (Phi) is 8.69. The Labute approximate surface area is 124 Å². The third-order valence-electron chi connectivity index (χ3n) is 4.52. The largest absolute Gasteiger partial charge is 0.394 e. The van der Waals surface area contributed by atoms with Gasteiger partial charge in [-0.15, -0.1) is 0 Å². The van der Waals surface area contributed by atoms with Crippen LogP contribution in [0.25, 0.3) is 0 Å². The average Bonchev–Trinajstić information content (AvgIpc) is 2.47. The van der Waals surface area contributed by atoms with E-state index in [9.17, 15) is 5.11 Å². The van der Waals surface area contributed by atoms with Gasteiger partial charge in [-0.05, 0) is 58.7 Å². The van der Waals surface area contributed by atoms with E-state index in [2.05, 4.69) is 31.1 Å². The number of likely N-dealkylation sites (N-methyl/N-ethyl adjacent to an activating group) is 2. The van der Waals surface area contributed by atoms with Crippen molar-refractivity contribution in [3.05, 3.63) is 0 Å². The average molecular weight is 286 g/mol. The van der Waals surface area contributed by atoms with Crippen molar-refractivity contribution in [2.24, 2.45) is 0 Å². The molecule has 1 heterocycles. The summed E-state index contributed by atoms with van der Waals surface area (Å²) in [7, 11) is 2.18. The van der Waals surface area contributed by atoms with Gasteiger partial charge in [0.05, 0.1) is 12.7 Å². The van der Waals surface area contributed by atoms with Crippen LogP contribution in [0.3, 0.4) is 0 Å². The molecule has 0 aromatic heterocycles. The number of rotatable bonds is 10. The van der Waals surface area contributed by atoms with E-state index < -0.39 is 0 Å². The van der Waals surface area contributed by atoms with Gasteiger partial charge in [-0.25, -0.2) is 0 Å². The molecule has 2 atom stereocenters. The van der Waals surface area contributed by atoms with Gasteiger partial charge in [-0.2, -0.15) is 0 Å². The van der Waals surface area contributed by atoms with Gasteiger partial charge in [0.15, 0.2) is 0 Å². The number of nitrogens with zero attached hydrogens (tertiary/aromatic N) is 1. The minimum Gasteiger partial charge on any atom is -0.394 e. The van der Waals surface area contributed by atoms with Gasteiger partial charge in [-0.1, -0.05) is 13.8 Å². The molecule has 0 amide bonds. The van der Waals surface area contributed by atoms with E-state index in [1.165, 1.54) is 19.3 Å². The number of hydrogen-bond donors (Lipinski definition) is 2. The van der Waals surface area contributed by atoms with Crippen molar-refractivity contribution in [3.63, 3.8) is 0 Å². The molecule has 1 rings (SSSR count). The summed E-state index contributed by atoms with van der Waals surface area (Å²) in [6.07, 6.45) is 7.29. The fourth-order valence-electron chi connectivity index (χ4n) is 3.09. The highest BCUT2D eigenvalue weighted by molar-refractivity contribution is 4.85. The molecule has 1 fully saturated rings. The summed E-state index contributed by atoms with van der Waals surface area (Å²) < 4.78 is 5.78. The second-order valence-electron chi connectivity index (χ2n) is 6.18. The predicted octanol–water partition coefficient (Wildman–Crippen LogP) is 2.02. The molecule has 0 spiro atoms. The molecule has 0 aromatic carbocycles. The summed E-state index contributed by atoms with van der Waals surface area (Å²) >= 11 is 0. The van der Waals surface area contributed by atoms with Crippen molar-refractivity contribution < 1.29 is 9.84 Å². The molecule has 2 N–H and O–H groups in total. The van der Waals surface area contributed by atoms with Crippen LogP contribution >= 0.6 is 0 Å². The zero-order valence-electron chi connectivity index (χ0n) is 13.7. The third kappa shape index (κ3) is 6.08. The minimum atomic E-state index is -0.0864. The summed E-state index contributed by atoms with van der Waals surface area (Å²) in [5.41, 5.74) is -0.0864. The van der Waals surface area contributed by atoms with E-state index >= 15 is 0 Å². The van der Waals surface area contributed by atoms with Crippen LogP contribution in [0.5, 0.6) is 0 Å². The van der Waals surface area contributed by atoms with E-state index in [4.69, 9.17) is 4.74 Å². The lowest BCUT2D eigenvalue weighted by Gasteiger charge is -2.33. The maximum Gasteiger partial charge on any atom is 0.0701 e. The van der Waals surface area contributed by atoms with E-state index in [0.29, 0.717) is 6.10 Å². The smallest absolute Gasteiger partial charge is 0.0701 e. The Morgan fingerprint density at radius 2 is 2.15 bits per heavy atom. The fraction of sp³-hybridized carbons (Fsp3) is 1.00. The highest BCUT2D eigenvalue weighted by Crippen LogP contribution is 2.18. The van der Waals surface area contributed by atoms with E-state index in [-0.39, 0.29) is 12.1 Å². The van der Waals surface area contributed by atoms with Gasteiger partial charge in [0.1, 0.15) is 0 Å². The van der Waals surface area contributed by atoms with Gasteiger partial charge in [-0.3, -0.25) is 0 Å². The minimum absolute atomic E-state index is 0.0864. The first-order valence-electron chi connectivity index (χ1n) is 8.32. The van der Waals surface area contributed by atoms with E-state index in [1.807, 2.05) is 0 Å². The Hall–Kier alpha value is -0.160. The van der Waals surface area contributed by atoms with Crippen molar-refractivity contribution >= 4 is 0 Å². The quantitative estimate of drug-likeness (QED) is 0.645. The lowest BCUT2D eigenvalue weighted by atomic mass is 9.91. The first-order valence-corrected chi connectivity index (χ1v) is 8.32. The van der Waals surface area contributed by atoms with Crippen molar-refractivity contribution in [2.45, 2.75) is 64.0 Å². The van der Waals surface area contributed by atoms with Crippen molar-refractivity contribution in [3.8, 4) is 0 Å². The van der Waals surface area contributed by atoms with Gasteiger partial charge < -0.3 is 20.1 Å². The molecule has 0 aromatic rings. The second-order valence-corrected chi connectivity index (χ2v) is 6.18. The zero-order chi connectivity index (χ0) is 14.8. The lowest BCUT2D eigenvalue weighted by Crippen LogP contribution is -2.48. The predicted molar refractivity (Wildman–Crippen MR) is 84.1 cm³/mol. The monoisotopic (exact) mass is 286 g/mol. The maximum absolute atomic E-state index is 9.64. The molecule has 4 nitrogen and oxygen atoms in total. The zero-order valence-corrected chi connectivity index (χ0v) is 13.7. The molecule has 0 radical (unpaired) electrons. The summed E-state index contributed by atoms with van der Waals surface area (Å²) in [5, 5.41) is 13.1. The first kappa shape index (κ1) is 17.9. The Morgan fingerprint density at radius 3 is 2.70 bits per heavy atom. The van der Waals surface area contributed by atoms with Gasteiger partial charge >= 0.3 is 0 Å². The molecule has 20 heavy (non-hydrogen) atoms. The number of aliphatic hydroxyl groups is 1. The van der Waals surface area contributed by atoms with Crippen LogP contribution in [0.4, 0.5) is 0 Å². The van der Waals surface area contributed by atoms with Crippen LogP contribution in [0.15, 0.2) is 0 Å². The Morgan fingerprint density at radius 1 is 1.35 bits per heavy atom. The lowest BCUT2D eigenvalue weighted by molar-refractivity contribution is -0.00202. The van der Waals surface area contributed by atoms with Gasteiger partial charge in [0, 0.05) is 18.7 Å². The molecular weight excluding hydrogens is 252 g/mol. The molecule has 4 heteroatoms. The van der Waals surface area contributed by atoms with Gasteiger partial charge in [0.25, 0.3) is 0 Å². The number of nitrogens with one attached hydrogen (secondary N) is 1. The molecule has 0 bridgehead atoms. The van der Waals surface area contributed by atoms with Gasteiger partial charge in [0.2, 0.25) is 0 Å². The van der Waals surface area contributed by atoms with Crippen molar-refractivity contribution in [2.75, 3.05) is 39.9 Å². The van der Waals surface area contributed by atoms with E-state index in [0.717, 1.165) is 45.5 Å². The Bertz CT molecular complexity index is 239. The molecule has 0 aliphatic carbocycles. The van der Waals surface area contributed by atoms with E-state index in [1.54, 1.807) is 0 Å². The normalized spacial score (nSPS) is 22.9. The van der Waals surface area contributed by atoms with Crippen LogP contribution in [0.2, 0.25) is 0 Å². The van der Waals surface area contributed by atoms with Crippen LogP contribution < -0.4 is 5.32 Å². The summed E-state index contributed by atoms with van der Waals surface area (Å²) in [6.45, 7) is 8.45. The summed E-state index contributed by atoms with van der Waals surface area (Å²) in [4.78, 5) is 2.37.